The van der Waals surface area contributed by atoms with E-state index in [9.17, 15) is 4.79 Å². The average molecular weight is 433 g/mol. The first-order valence-corrected chi connectivity index (χ1v) is 10.5. The standard InChI is InChI=1S/C22H23N7O3/c1-2-31-17-7-5-16(6-8-17)23-22(30)28-13-11-27(12-14-28)20-10-9-19-24-25-21(29(19)26-20)18-4-3-15-32-18/h3-10,15H,2,11-14H2,1H3,(H,23,30). The van der Waals surface area contributed by atoms with Gasteiger partial charge in [-0.2, -0.15) is 4.52 Å². The zero-order valence-corrected chi connectivity index (χ0v) is 17.6. The summed E-state index contributed by atoms with van der Waals surface area (Å²) in [7, 11) is 0. The Kier molecular flexibility index (Phi) is 5.32. The molecule has 10 nitrogen and oxygen atoms in total. The van der Waals surface area contributed by atoms with E-state index in [-0.39, 0.29) is 6.03 Å². The quantitative estimate of drug-likeness (QED) is 0.516. The van der Waals surface area contributed by atoms with Crippen LogP contribution in [0.1, 0.15) is 6.92 Å². The summed E-state index contributed by atoms with van der Waals surface area (Å²) >= 11 is 0. The summed E-state index contributed by atoms with van der Waals surface area (Å²) in [5, 5.41) is 16.0. The van der Waals surface area contributed by atoms with Crippen molar-refractivity contribution in [3.8, 4) is 17.3 Å². The first kappa shape index (κ1) is 19.9. The molecule has 0 aliphatic carbocycles. The van der Waals surface area contributed by atoms with Gasteiger partial charge in [-0.25, -0.2) is 4.79 Å². The summed E-state index contributed by atoms with van der Waals surface area (Å²) in [5.41, 5.74) is 1.39. The number of carbonyl (C=O) groups excluding carboxylic acids is 1. The van der Waals surface area contributed by atoms with Crippen LogP contribution >= 0.6 is 0 Å². The maximum Gasteiger partial charge on any atom is 0.321 e. The lowest BCUT2D eigenvalue weighted by Crippen LogP contribution is -2.50. The van der Waals surface area contributed by atoms with E-state index >= 15 is 0 Å². The maximum absolute atomic E-state index is 12.7. The molecular weight excluding hydrogens is 410 g/mol. The third-order valence-electron chi connectivity index (χ3n) is 5.30. The van der Waals surface area contributed by atoms with Crippen LogP contribution in [-0.2, 0) is 0 Å². The lowest BCUT2D eigenvalue weighted by molar-refractivity contribution is 0.208. The molecule has 1 fully saturated rings. The number of nitrogens with one attached hydrogen (secondary N) is 1. The molecule has 0 radical (unpaired) electrons. The van der Waals surface area contributed by atoms with Crippen molar-refractivity contribution >= 4 is 23.2 Å². The molecule has 2 amide bonds. The van der Waals surface area contributed by atoms with Gasteiger partial charge in [0.05, 0.1) is 12.9 Å². The number of fused-ring (bicyclic) bond motifs is 1. The SMILES string of the molecule is CCOc1ccc(NC(=O)N2CCN(c3ccc4nnc(-c5ccco5)n4n3)CC2)cc1. The van der Waals surface area contributed by atoms with Crippen LogP contribution < -0.4 is 15.0 Å². The normalized spacial score (nSPS) is 14.0. The van der Waals surface area contributed by atoms with Gasteiger partial charge in [0.2, 0.25) is 5.82 Å². The van der Waals surface area contributed by atoms with Crippen molar-refractivity contribution in [2.75, 3.05) is 43.0 Å². The predicted molar refractivity (Wildman–Crippen MR) is 119 cm³/mol. The van der Waals surface area contributed by atoms with E-state index in [4.69, 9.17) is 14.3 Å². The van der Waals surface area contributed by atoms with Gasteiger partial charge in [-0.15, -0.1) is 15.3 Å². The number of hydrogen-bond donors (Lipinski definition) is 1. The number of anilines is 2. The Morgan fingerprint density at radius 2 is 1.88 bits per heavy atom. The topological polar surface area (TPSA) is 101 Å². The predicted octanol–water partition coefficient (Wildman–Crippen LogP) is 3.14. The molecule has 5 rings (SSSR count). The molecule has 3 aromatic heterocycles. The summed E-state index contributed by atoms with van der Waals surface area (Å²) < 4.78 is 12.6. The van der Waals surface area contributed by atoms with E-state index in [2.05, 4.69) is 20.4 Å². The molecule has 0 unspecified atom stereocenters. The molecule has 32 heavy (non-hydrogen) atoms. The molecule has 4 aromatic rings. The Morgan fingerprint density at radius 3 is 2.59 bits per heavy atom. The molecule has 0 bridgehead atoms. The molecule has 1 aliphatic rings. The van der Waals surface area contributed by atoms with Gasteiger partial charge in [-0.3, -0.25) is 0 Å². The lowest BCUT2D eigenvalue weighted by Gasteiger charge is -2.35. The molecule has 1 N–H and O–H groups in total. The van der Waals surface area contributed by atoms with Crippen molar-refractivity contribution in [2.45, 2.75) is 6.92 Å². The highest BCUT2D eigenvalue weighted by atomic mass is 16.5. The Hall–Kier alpha value is -4.08. The average Bonchev–Trinajstić information content (AvgIpc) is 3.50. The zero-order valence-electron chi connectivity index (χ0n) is 17.6. The minimum atomic E-state index is -0.115. The number of furan rings is 1. The van der Waals surface area contributed by atoms with E-state index in [0.29, 0.717) is 50.0 Å². The van der Waals surface area contributed by atoms with Crippen LogP contribution in [0.2, 0.25) is 0 Å². The third-order valence-corrected chi connectivity index (χ3v) is 5.30. The highest BCUT2D eigenvalue weighted by molar-refractivity contribution is 5.89. The second-order valence-corrected chi connectivity index (χ2v) is 7.32. The fourth-order valence-corrected chi connectivity index (χ4v) is 3.65. The van der Waals surface area contributed by atoms with Crippen LogP contribution in [0.5, 0.6) is 5.75 Å². The molecular formula is C22H23N7O3. The van der Waals surface area contributed by atoms with Crippen molar-refractivity contribution in [3.05, 3.63) is 54.8 Å². The number of amides is 2. The Morgan fingerprint density at radius 1 is 1.06 bits per heavy atom. The van der Waals surface area contributed by atoms with Crippen LogP contribution in [0.25, 0.3) is 17.2 Å². The second-order valence-electron chi connectivity index (χ2n) is 7.32. The number of piperazine rings is 1. The molecule has 1 aromatic carbocycles. The molecule has 0 atom stereocenters. The number of carbonyl (C=O) groups is 1. The minimum Gasteiger partial charge on any atom is -0.494 e. The van der Waals surface area contributed by atoms with Gasteiger partial charge >= 0.3 is 6.03 Å². The summed E-state index contributed by atoms with van der Waals surface area (Å²) in [6.07, 6.45) is 1.60. The second kappa shape index (κ2) is 8.58. The number of aromatic nitrogens is 4. The van der Waals surface area contributed by atoms with E-state index in [1.165, 1.54) is 0 Å². The smallest absolute Gasteiger partial charge is 0.321 e. The largest absolute Gasteiger partial charge is 0.494 e. The summed E-state index contributed by atoms with van der Waals surface area (Å²) in [4.78, 5) is 16.6. The van der Waals surface area contributed by atoms with E-state index in [1.54, 1.807) is 21.7 Å². The van der Waals surface area contributed by atoms with Crippen LogP contribution in [0.4, 0.5) is 16.3 Å². The van der Waals surface area contributed by atoms with Crippen molar-refractivity contribution in [1.29, 1.82) is 0 Å². The zero-order chi connectivity index (χ0) is 21.9. The van der Waals surface area contributed by atoms with Gasteiger partial charge in [0.15, 0.2) is 11.4 Å². The van der Waals surface area contributed by atoms with Crippen molar-refractivity contribution in [3.63, 3.8) is 0 Å². The van der Waals surface area contributed by atoms with Crippen LogP contribution in [-0.4, -0.2) is 63.5 Å². The fourth-order valence-electron chi connectivity index (χ4n) is 3.65. The van der Waals surface area contributed by atoms with E-state index in [1.807, 2.05) is 49.4 Å². The Balaban J connectivity index is 1.23. The monoisotopic (exact) mass is 433 g/mol. The summed E-state index contributed by atoms with van der Waals surface area (Å²) in [6.45, 7) is 5.08. The maximum atomic E-state index is 12.7. The summed E-state index contributed by atoms with van der Waals surface area (Å²) in [5.74, 6) is 2.75. The summed E-state index contributed by atoms with van der Waals surface area (Å²) in [6, 6.07) is 14.7. The van der Waals surface area contributed by atoms with Crippen LogP contribution in [0, 0.1) is 0 Å². The van der Waals surface area contributed by atoms with Gasteiger partial charge in [0.1, 0.15) is 11.6 Å². The van der Waals surface area contributed by atoms with Gasteiger partial charge in [-0.1, -0.05) is 0 Å². The number of nitrogens with zero attached hydrogens (tertiary/aromatic N) is 6. The molecule has 10 heteroatoms. The van der Waals surface area contributed by atoms with E-state index < -0.39 is 0 Å². The number of rotatable bonds is 5. The Bertz CT molecular complexity index is 1200. The van der Waals surface area contributed by atoms with Gasteiger partial charge in [0.25, 0.3) is 0 Å². The number of ether oxygens (including phenoxy) is 1. The minimum absolute atomic E-state index is 0.115. The van der Waals surface area contributed by atoms with Gasteiger partial charge in [0, 0.05) is 31.9 Å². The van der Waals surface area contributed by atoms with Crippen molar-refractivity contribution in [1.82, 2.24) is 24.7 Å². The number of urea groups is 1. The highest BCUT2D eigenvalue weighted by Crippen LogP contribution is 2.21. The number of benzene rings is 1. The molecule has 4 heterocycles. The van der Waals surface area contributed by atoms with Crippen LogP contribution in [0.3, 0.4) is 0 Å². The molecule has 164 valence electrons. The third kappa shape index (κ3) is 3.94. The fraction of sp³-hybridized carbons (Fsp3) is 0.273. The van der Waals surface area contributed by atoms with Gasteiger partial charge < -0.3 is 24.3 Å². The van der Waals surface area contributed by atoms with Crippen molar-refractivity contribution < 1.29 is 13.9 Å². The van der Waals surface area contributed by atoms with E-state index in [0.717, 1.165) is 17.3 Å². The highest BCUT2D eigenvalue weighted by Gasteiger charge is 2.23. The van der Waals surface area contributed by atoms with Crippen molar-refractivity contribution in [2.24, 2.45) is 0 Å². The number of hydrogen-bond acceptors (Lipinski definition) is 7. The molecule has 0 saturated carbocycles. The van der Waals surface area contributed by atoms with Crippen LogP contribution in [0.15, 0.2) is 59.2 Å². The molecule has 1 saturated heterocycles. The first-order chi connectivity index (χ1) is 15.7. The molecule has 1 aliphatic heterocycles. The van der Waals surface area contributed by atoms with Gasteiger partial charge in [-0.05, 0) is 55.5 Å². The Labute approximate surface area is 184 Å². The first-order valence-electron chi connectivity index (χ1n) is 10.5. The lowest BCUT2D eigenvalue weighted by atomic mass is 10.3. The molecule has 0 spiro atoms.